The molecular formula is C9H16N4O3S. The molecule has 0 unspecified atom stereocenters. The van der Waals surface area contributed by atoms with Crippen molar-refractivity contribution in [3.05, 3.63) is 12.7 Å². The van der Waals surface area contributed by atoms with Gasteiger partial charge in [-0.05, 0) is 0 Å². The summed E-state index contributed by atoms with van der Waals surface area (Å²) in [6.45, 7) is 3.46. The Bertz CT molecular complexity index is 319. The van der Waals surface area contributed by atoms with Crippen LogP contribution in [0.4, 0.5) is 9.59 Å². The van der Waals surface area contributed by atoms with Gasteiger partial charge in [0.1, 0.15) is 6.61 Å². The summed E-state index contributed by atoms with van der Waals surface area (Å²) < 4.78 is 7.21. The number of nitrogens with one attached hydrogen (secondary N) is 2. The third-order valence-electron chi connectivity index (χ3n) is 1.51. The fourth-order valence-electron chi connectivity index (χ4n) is 0.801. The first-order valence-electron chi connectivity index (χ1n) is 4.62. The molecule has 4 amide bonds. The SMILES string of the molecule is C=CCOC(=N)N(C(=O)NSC)C(=O)N(C)C. The van der Waals surface area contributed by atoms with Crippen molar-refractivity contribution < 1.29 is 14.3 Å². The van der Waals surface area contributed by atoms with E-state index in [9.17, 15) is 9.59 Å². The highest BCUT2D eigenvalue weighted by Crippen LogP contribution is 2.01. The van der Waals surface area contributed by atoms with Crippen LogP contribution in [0.15, 0.2) is 12.7 Å². The highest BCUT2D eigenvalue weighted by Gasteiger charge is 2.28. The van der Waals surface area contributed by atoms with Gasteiger partial charge in [0.25, 0.3) is 0 Å². The molecule has 0 radical (unpaired) electrons. The molecule has 8 heteroatoms. The summed E-state index contributed by atoms with van der Waals surface area (Å²) in [6.07, 6.45) is 3.05. The molecule has 0 heterocycles. The zero-order valence-corrected chi connectivity index (χ0v) is 10.8. The summed E-state index contributed by atoms with van der Waals surface area (Å²) in [5, 5.41) is 7.52. The molecule has 0 aromatic heterocycles. The van der Waals surface area contributed by atoms with Gasteiger partial charge in [0.05, 0.1) is 0 Å². The molecule has 0 fully saturated rings. The molecule has 0 saturated carbocycles. The lowest BCUT2D eigenvalue weighted by molar-refractivity contribution is 0.177. The van der Waals surface area contributed by atoms with Gasteiger partial charge in [0, 0.05) is 20.4 Å². The third-order valence-corrected chi connectivity index (χ3v) is 1.89. The average molecular weight is 260 g/mol. The van der Waals surface area contributed by atoms with E-state index < -0.39 is 18.1 Å². The Morgan fingerprint density at radius 3 is 2.53 bits per heavy atom. The average Bonchev–Trinajstić information content (AvgIpc) is 2.26. The molecule has 0 aliphatic carbocycles. The van der Waals surface area contributed by atoms with Gasteiger partial charge < -0.3 is 9.64 Å². The molecule has 0 spiro atoms. The molecule has 17 heavy (non-hydrogen) atoms. The number of imide groups is 1. The normalized spacial score (nSPS) is 9.12. The summed E-state index contributed by atoms with van der Waals surface area (Å²) in [4.78, 5) is 25.1. The van der Waals surface area contributed by atoms with Gasteiger partial charge >= 0.3 is 18.1 Å². The van der Waals surface area contributed by atoms with E-state index in [2.05, 4.69) is 11.3 Å². The second-order valence-corrected chi connectivity index (χ2v) is 3.64. The van der Waals surface area contributed by atoms with Crippen LogP contribution in [0.25, 0.3) is 0 Å². The Morgan fingerprint density at radius 1 is 1.53 bits per heavy atom. The number of amidine groups is 1. The smallest absolute Gasteiger partial charge is 0.343 e. The van der Waals surface area contributed by atoms with E-state index in [1.165, 1.54) is 25.1 Å². The quantitative estimate of drug-likeness (QED) is 0.344. The molecule has 7 nitrogen and oxygen atoms in total. The zero-order valence-electron chi connectivity index (χ0n) is 10.0. The summed E-state index contributed by atoms with van der Waals surface area (Å²) in [6, 6.07) is -1.94. The minimum Gasteiger partial charge on any atom is -0.460 e. The van der Waals surface area contributed by atoms with Crippen molar-refractivity contribution in [3.63, 3.8) is 0 Å². The van der Waals surface area contributed by atoms with Crippen LogP contribution in [0.5, 0.6) is 0 Å². The highest BCUT2D eigenvalue weighted by molar-refractivity contribution is 7.97. The van der Waals surface area contributed by atoms with Crippen LogP contribution in [-0.4, -0.2) is 54.8 Å². The predicted molar refractivity (Wildman–Crippen MR) is 66.8 cm³/mol. The highest BCUT2D eigenvalue weighted by atomic mass is 32.2. The third kappa shape index (κ3) is 4.77. The second kappa shape index (κ2) is 7.55. The first-order valence-corrected chi connectivity index (χ1v) is 5.84. The maximum Gasteiger partial charge on any atom is 0.343 e. The maximum absolute atomic E-state index is 11.7. The van der Waals surface area contributed by atoms with Crippen molar-refractivity contribution in [2.75, 3.05) is 27.0 Å². The van der Waals surface area contributed by atoms with E-state index >= 15 is 0 Å². The zero-order chi connectivity index (χ0) is 13.4. The number of carbonyl (C=O) groups excluding carboxylic acids is 2. The summed E-state index contributed by atoms with van der Waals surface area (Å²) in [5.41, 5.74) is 0. The molecule has 0 atom stereocenters. The topological polar surface area (TPSA) is 85.7 Å². The van der Waals surface area contributed by atoms with Gasteiger partial charge in [0.2, 0.25) is 0 Å². The first kappa shape index (κ1) is 15.3. The van der Waals surface area contributed by atoms with Gasteiger partial charge in [-0.3, -0.25) is 10.1 Å². The molecule has 0 saturated heterocycles. The minimum absolute atomic E-state index is 0.0442. The molecule has 0 bridgehead atoms. The van der Waals surface area contributed by atoms with Crippen LogP contribution in [0.2, 0.25) is 0 Å². The van der Waals surface area contributed by atoms with Crippen molar-refractivity contribution in [1.82, 2.24) is 14.5 Å². The van der Waals surface area contributed by atoms with Crippen LogP contribution >= 0.6 is 11.9 Å². The van der Waals surface area contributed by atoms with E-state index in [4.69, 9.17) is 10.1 Å². The van der Waals surface area contributed by atoms with Gasteiger partial charge in [-0.25, -0.2) is 9.59 Å². The Morgan fingerprint density at radius 2 is 2.12 bits per heavy atom. The summed E-state index contributed by atoms with van der Waals surface area (Å²) in [7, 11) is 2.95. The first-order chi connectivity index (χ1) is 7.95. The molecule has 0 aliphatic rings. The number of rotatable bonds is 3. The molecule has 0 aromatic carbocycles. The Labute approximate surface area is 104 Å². The van der Waals surface area contributed by atoms with Crippen molar-refractivity contribution in [3.8, 4) is 0 Å². The number of hydrogen-bond donors (Lipinski definition) is 2. The lowest BCUT2D eigenvalue weighted by Crippen LogP contribution is -2.50. The van der Waals surface area contributed by atoms with Crippen molar-refractivity contribution in [2.45, 2.75) is 0 Å². The van der Waals surface area contributed by atoms with Gasteiger partial charge in [-0.2, -0.15) is 4.90 Å². The molecule has 0 aliphatic heterocycles. The van der Waals surface area contributed by atoms with E-state index in [0.29, 0.717) is 4.90 Å². The molecule has 0 aromatic rings. The van der Waals surface area contributed by atoms with Crippen LogP contribution in [-0.2, 0) is 4.74 Å². The molecule has 2 N–H and O–H groups in total. The number of amides is 4. The monoisotopic (exact) mass is 260 g/mol. The lowest BCUT2D eigenvalue weighted by Gasteiger charge is -2.23. The molecule has 96 valence electrons. The Hall–Kier alpha value is -1.70. The van der Waals surface area contributed by atoms with Crippen LogP contribution < -0.4 is 4.72 Å². The Kier molecular flexibility index (Phi) is 6.80. The van der Waals surface area contributed by atoms with Crippen LogP contribution in [0, 0.1) is 5.41 Å². The van der Waals surface area contributed by atoms with Crippen molar-refractivity contribution in [2.24, 2.45) is 0 Å². The fraction of sp³-hybridized carbons (Fsp3) is 0.444. The van der Waals surface area contributed by atoms with Crippen LogP contribution in [0.1, 0.15) is 0 Å². The number of carbonyl (C=O) groups is 2. The van der Waals surface area contributed by atoms with Crippen LogP contribution in [0.3, 0.4) is 0 Å². The van der Waals surface area contributed by atoms with E-state index in [1.807, 2.05) is 0 Å². The lowest BCUT2D eigenvalue weighted by atomic mass is 10.6. The molecular weight excluding hydrogens is 244 g/mol. The van der Waals surface area contributed by atoms with E-state index in [-0.39, 0.29) is 6.61 Å². The number of ether oxygens (including phenoxy) is 1. The van der Waals surface area contributed by atoms with Gasteiger partial charge in [-0.1, -0.05) is 24.6 Å². The number of urea groups is 2. The number of nitrogens with zero attached hydrogens (tertiary/aromatic N) is 2. The van der Waals surface area contributed by atoms with Crippen molar-refractivity contribution in [1.29, 1.82) is 5.41 Å². The summed E-state index contributed by atoms with van der Waals surface area (Å²) >= 11 is 1.02. The second-order valence-electron chi connectivity index (χ2n) is 3.03. The van der Waals surface area contributed by atoms with Gasteiger partial charge in [-0.15, -0.1) is 0 Å². The van der Waals surface area contributed by atoms with E-state index in [1.54, 1.807) is 6.26 Å². The fourth-order valence-corrected chi connectivity index (χ4v) is 1.07. The number of hydrogen-bond acceptors (Lipinski definition) is 5. The van der Waals surface area contributed by atoms with Crippen molar-refractivity contribution >= 4 is 30.0 Å². The van der Waals surface area contributed by atoms with E-state index in [0.717, 1.165) is 11.9 Å². The maximum atomic E-state index is 11.7. The summed E-state index contributed by atoms with van der Waals surface area (Å²) in [5.74, 6) is 0. The minimum atomic E-state index is -0.731. The van der Waals surface area contributed by atoms with Gasteiger partial charge in [0.15, 0.2) is 0 Å². The predicted octanol–water partition coefficient (Wildman–Crippen LogP) is 1.09. The standard InChI is InChI=1S/C9H16N4O3S/c1-5-6-16-7(10)13(8(14)11-17-4)9(15)12(2)3/h5,10H,1,6H2,2-4H3,(H,11,14). The molecule has 0 rings (SSSR count). The Balaban J connectivity index is 4.83. The largest absolute Gasteiger partial charge is 0.460 e.